The Kier molecular flexibility index (Phi) is 7.46. The van der Waals surface area contributed by atoms with Gasteiger partial charge in [0.1, 0.15) is 0 Å². The minimum atomic E-state index is -3.60. The maximum Gasteiger partial charge on any atom is 0.251 e. The van der Waals surface area contributed by atoms with Gasteiger partial charge in [0.2, 0.25) is 15.9 Å². The van der Waals surface area contributed by atoms with E-state index in [1.807, 2.05) is 18.2 Å². The Morgan fingerprint density at radius 1 is 0.968 bits per heavy atom. The van der Waals surface area contributed by atoms with Crippen LogP contribution in [-0.4, -0.2) is 62.2 Å². The van der Waals surface area contributed by atoms with Crippen LogP contribution in [-0.2, 0) is 14.8 Å². The lowest BCUT2D eigenvalue weighted by Crippen LogP contribution is -2.52. The second-order valence-corrected chi connectivity index (χ2v) is 9.65. The third kappa shape index (κ3) is 5.51. The molecule has 1 saturated heterocycles. The van der Waals surface area contributed by atoms with Crippen LogP contribution in [0.2, 0.25) is 0 Å². The Labute approximate surface area is 184 Å². The zero-order chi connectivity index (χ0) is 22.4. The third-order valence-corrected chi connectivity index (χ3v) is 7.64. The van der Waals surface area contributed by atoms with Gasteiger partial charge in [-0.1, -0.05) is 44.2 Å². The average Bonchev–Trinajstić information content (AvgIpc) is 2.82. The lowest BCUT2D eigenvalue weighted by atomic mass is 9.99. The fraction of sp³-hybridized carbons (Fsp3) is 0.391. The summed E-state index contributed by atoms with van der Waals surface area (Å²) >= 11 is 0. The van der Waals surface area contributed by atoms with Crippen LogP contribution in [0.1, 0.15) is 42.1 Å². The standard InChI is InChI=1S/C23H29N3O4S/c1-3-18(2)19-9-11-21(12-10-19)31(29,30)26-15-13-25(14-16-26)22(27)17-24-23(28)20-7-5-4-6-8-20/h4-12,18H,3,13-17H2,1-2H3,(H,24,28)/t18-/m1/s1. The first-order valence-electron chi connectivity index (χ1n) is 10.5. The third-order valence-electron chi connectivity index (χ3n) is 5.73. The van der Waals surface area contributed by atoms with Crippen LogP contribution in [0.4, 0.5) is 0 Å². The van der Waals surface area contributed by atoms with Gasteiger partial charge in [0.25, 0.3) is 5.91 Å². The molecule has 0 spiro atoms. The Bertz CT molecular complexity index is 999. The molecule has 2 aromatic rings. The van der Waals surface area contributed by atoms with Crippen molar-refractivity contribution in [1.29, 1.82) is 0 Å². The zero-order valence-electron chi connectivity index (χ0n) is 18.0. The van der Waals surface area contributed by atoms with Crippen LogP contribution < -0.4 is 5.32 Å². The van der Waals surface area contributed by atoms with Crippen LogP contribution in [0.25, 0.3) is 0 Å². The smallest absolute Gasteiger partial charge is 0.251 e. The molecule has 0 aromatic heterocycles. The van der Waals surface area contributed by atoms with Gasteiger partial charge in [-0.05, 0) is 42.2 Å². The summed E-state index contributed by atoms with van der Waals surface area (Å²) in [7, 11) is -3.60. The van der Waals surface area contributed by atoms with E-state index in [0.29, 0.717) is 24.6 Å². The molecule has 166 valence electrons. The van der Waals surface area contributed by atoms with E-state index in [1.165, 1.54) is 4.31 Å². The van der Waals surface area contributed by atoms with Crippen molar-refractivity contribution >= 4 is 21.8 Å². The molecule has 1 atom stereocenters. The molecule has 2 aromatic carbocycles. The van der Waals surface area contributed by atoms with Crippen LogP contribution in [0.5, 0.6) is 0 Å². The molecule has 1 fully saturated rings. The fourth-order valence-corrected chi connectivity index (χ4v) is 4.91. The fourth-order valence-electron chi connectivity index (χ4n) is 3.49. The molecular weight excluding hydrogens is 414 g/mol. The quantitative estimate of drug-likeness (QED) is 0.712. The molecule has 0 unspecified atom stereocenters. The van der Waals surface area contributed by atoms with E-state index >= 15 is 0 Å². The van der Waals surface area contributed by atoms with Gasteiger partial charge >= 0.3 is 0 Å². The Hall–Kier alpha value is -2.71. The van der Waals surface area contributed by atoms with Crippen LogP contribution >= 0.6 is 0 Å². The molecule has 0 bridgehead atoms. The van der Waals surface area contributed by atoms with Crippen LogP contribution in [0.15, 0.2) is 59.5 Å². The average molecular weight is 444 g/mol. The van der Waals surface area contributed by atoms with Crippen LogP contribution in [0, 0.1) is 0 Å². The highest BCUT2D eigenvalue weighted by molar-refractivity contribution is 7.89. The van der Waals surface area contributed by atoms with Gasteiger partial charge < -0.3 is 10.2 Å². The number of carbonyl (C=O) groups is 2. The molecule has 1 N–H and O–H groups in total. The second kappa shape index (κ2) is 10.1. The Morgan fingerprint density at radius 2 is 1.58 bits per heavy atom. The second-order valence-electron chi connectivity index (χ2n) is 7.71. The van der Waals surface area contributed by atoms with Crippen molar-refractivity contribution < 1.29 is 18.0 Å². The first-order valence-corrected chi connectivity index (χ1v) is 12.0. The number of hydrogen-bond acceptors (Lipinski definition) is 4. The summed E-state index contributed by atoms with van der Waals surface area (Å²) in [6.07, 6.45) is 0.994. The molecular formula is C23H29N3O4S. The highest BCUT2D eigenvalue weighted by Gasteiger charge is 2.30. The number of amides is 2. The Balaban J connectivity index is 1.53. The van der Waals surface area contributed by atoms with Crippen LogP contribution in [0.3, 0.4) is 0 Å². The summed E-state index contributed by atoms with van der Waals surface area (Å²) in [5.41, 5.74) is 1.61. The summed E-state index contributed by atoms with van der Waals surface area (Å²) in [5, 5.41) is 2.62. The first-order chi connectivity index (χ1) is 14.8. The summed E-state index contributed by atoms with van der Waals surface area (Å²) in [4.78, 5) is 26.4. The van der Waals surface area contributed by atoms with E-state index in [1.54, 1.807) is 41.3 Å². The van der Waals surface area contributed by atoms with Gasteiger partial charge in [-0.15, -0.1) is 0 Å². The van der Waals surface area contributed by atoms with E-state index in [4.69, 9.17) is 0 Å². The first kappa shape index (κ1) is 23.0. The predicted molar refractivity (Wildman–Crippen MR) is 119 cm³/mol. The van der Waals surface area contributed by atoms with Crippen molar-refractivity contribution in [2.45, 2.75) is 31.1 Å². The molecule has 0 radical (unpaired) electrons. The topological polar surface area (TPSA) is 86.8 Å². The van der Waals surface area contributed by atoms with Gasteiger partial charge in [0.15, 0.2) is 0 Å². The summed E-state index contributed by atoms with van der Waals surface area (Å²) in [6, 6.07) is 15.8. The van der Waals surface area contributed by atoms with Gasteiger partial charge in [-0.25, -0.2) is 8.42 Å². The molecule has 7 nitrogen and oxygen atoms in total. The molecule has 0 saturated carbocycles. The van der Waals surface area contributed by atoms with Gasteiger partial charge in [0.05, 0.1) is 11.4 Å². The summed E-state index contributed by atoms with van der Waals surface area (Å²) in [6.45, 7) is 5.15. The van der Waals surface area contributed by atoms with E-state index in [-0.39, 0.29) is 36.3 Å². The SMILES string of the molecule is CC[C@@H](C)c1ccc(S(=O)(=O)N2CCN(C(=O)CNC(=O)c3ccccc3)CC2)cc1. The molecule has 31 heavy (non-hydrogen) atoms. The molecule has 3 rings (SSSR count). The van der Waals surface area contributed by atoms with E-state index < -0.39 is 10.0 Å². The number of piperazine rings is 1. The minimum Gasteiger partial charge on any atom is -0.343 e. The monoisotopic (exact) mass is 443 g/mol. The minimum absolute atomic E-state index is 0.114. The number of nitrogens with zero attached hydrogens (tertiary/aromatic N) is 2. The predicted octanol–water partition coefficient (Wildman–Crippen LogP) is 2.46. The van der Waals surface area contributed by atoms with Gasteiger partial charge in [-0.3, -0.25) is 9.59 Å². The summed E-state index contributed by atoms with van der Waals surface area (Å²) in [5.74, 6) is -0.149. The van der Waals surface area contributed by atoms with Gasteiger partial charge in [-0.2, -0.15) is 4.31 Å². The highest BCUT2D eigenvalue weighted by atomic mass is 32.2. The number of carbonyl (C=O) groups excluding carboxylic acids is 2. The highest BCUT2D eigenvalue weighted by Crippen LogP contribution is 2.23. The van der Waals surface area contributed by atoms with Crippen molar-refractivity contribution in [3.05, 3.63) is 65.7 Å². The zero-order valence-corrected chi connectivity index (χ0v) is 18.8. The van der Waals surface area contributed by atoms with Crippen molar-refractivity contribution in [3.63, 3.8) is 0 Å². The lowest BCUT2D eigenvalue weighted by molar-refractivity contribution is -0.131. The number of sulfonamides is 1. The largest absolute Gasteiger partial charge is 0.343 e. The van der Waals surface area contributed by atoms with E-state index in [0.717, 1.165) is 12.0 Å². The van der Waals surface area contributed by atoms with Crippen molar-refractivity contribution in [3.8, 4) is 0 Å². The van der Waals surface area contributed by atoms with Crippen molar-refractivity contribution in [1.82, 2.24) is 14.5 Å². The summed E-state index contributed by atoms with van der Waals surface area (Å²) < 4.78 is 27.3. The molecule has 8 heteroatoms. The Morgan fingerprint density at radius 3 is 2.16 bits per heavy atom. The molecule has 0 aliphatic carbocycles. The van der Waals surface area contributed by atoms with E-state index in [9.17, 15) is 18.0 Å². The number of nitrogens with one attached hydrogen (secondary N) is 1. The van der Waals surface area contributed by atoms with Crippen molar-refractivity contribution in [2.24, 2.45) is 0 Å². The van der Waals surface area contributed by atoms with E-state index in [2.05, 4.69) is 19.2 Å². The van der Waals surface area contributed by atoms with Gasteiger partial charge in [0, 0.05) is 31.7 Å². The number of benzene rings is 2. The maximum atomic E-state index is 13.0. The molecule has 2 amide bonds. The number of rotatable bonds is 7. The molecule has 1 aliphatic rings. The molecule has 1 heterocycles. The normalized spacial score (nSPS) is 16.0. The lowest BCUT2D eigenvalue weighted by Gasteiger charge is -2.34. The molecule has 1 aliphatic heterocycles. The van der Waals surface area contributed by atoms with Crippen molar-refractivity contribution in [2.75, 3.05) is 32.7 Å². The maximum absolute atomic E-state index is 13.0. The number of hydrogen-bond donors (Lipinski definition) is 1.